The number of hydrogen-bond donors (Lipinski definition) is 0. The molecule has 1 unspecified atom stereocenters. The maximum absolute atomic E-state index is 11.7. The summed E-state index contributed by atoms with van der Waals surface area (Å²) in [5.74, 6) is -0.00754. The topological polar surface area (TPSA) is 43.4 Å². The first kappa shape index (κ1) is 11.9. The van der Waals surface area contributed by atoms with E-state index in [1.807, 2.05) is 25.1 Å². The predicted octanol–water partition coefficient (Wildman–Crippen LogP) is 1.67. The second kappa shape index (κ2) is 5.66. The summed E-state index contributed by atoms with van der Waals surface area (Å²) in [6, 6.07) is 7.48. The van der Waals surface area contributed by atoms with Gasteiger partial charge in [0.25, 0.3) is 0 Å². The molecule has 1 aromatic rings. The van der Waals surface area contributed by atoms with Crippen molar-refractivity contribution in [2.24, 2.45) is 0 Å². The van der Waals surface area contributed by atoms with E-state index in [9.17, 15) is 9.00 Å². The van der Waals surface area contributed by atoms with E-state index < -0.39 is 10.8 Å². The molecular weight excluding hydrogens is 212 g/mol. The zero-order valence-corrected chi connectivity index (χ0v) is 9.67. The fourth-order valence-corrected chi connectivity index (χ4v) is 2.29. The highest BCUT2D eigenvalue weighted by Crippen LogP contribution is 2.10. The third-order valence-electron chi connectivity index (χ3n) is 1.97. The third-order valence-corrected chi connectivity index (χ3v) is 3.33. The summed E-state index contributed by atoms with van der Waals surface area (Å²) in [6.07, 6.45) is 0.192. The number of ether oxygens (including phenoxy) is 1. The Morgan fingerprint density at radius 1 is 1.47 bits per heavy atom. The summed E-state index contributed by atoms with van der Waals surface area (Å²) in [7, 11) is 0.215. The lowest BCUT2D eigenvalue weighted by molar-refractivity contribution is -0.140. The van der Waals surface area contributed by atoms with Crippen molar-refractivity contribution in [3.05, 3.63) is 29.8 Å². The number of hydrogen-bond acceptors (Lipinski definition) is 3. The van der Waals surface area contributed by atoms with Gasteiger partial charge in [-0.15, -0.1) is 0 Å². The Kier molecular flexibility index (Phi) is 4.49. The Balaban J connectivity index is 2.58. The van der Waals surface area contributed by atoms with Crippen molar-refractivity contribution >= 4 is 16.8 Å². The van der Waals surface area contributed by atoms with Crippen molar-refractivity contribution in [2.75, 3.05) is 12.9 Å². The van der Waals surface area contributed by atoms with Gasteiger partial charge in [-0.25, -0.2) is 0 Å². The van der Waals surface area contributed by atoms with Gasteiger partial charge in [0.05, 0.1) is 24.3 Å². The number of aryl methyl sites for hydroxylation is 1. The van der Waals surface area contributed by atoms with Crippen LogP contribution in [0.3, 0.4) is 0 Å². The van der Waals surface area contributed by atoms with Crippen LogP contribution in [0.15, 0.2) is 29.2 Å². The molecule has 0 spiro atoms. The van der Waals surface area contributed by atoms with Crippen LogP contribution in [0, 0.1) is 6.92 Å². The van der Waals surface area contributed by atoms with Crippen LogP contribution in [0.1, 0.15) is 12.0 Å². The molecule has 1 atom stereocenters. The van der Waals surface area contributed by atoms with E-state index >= 15 is 0 Å². The van der Waals surface area contributed by atoms with Gasteiger partial charge in [-0.3, -0.25) is 9.00 Å². The summed E-state index contributed by atoms with van der Waals surface area (Å²) in [4.78, 5) is 11.6. The maximum Gasteiger partial charge on any atom is 0.306 e. The minimum atomic E-state index is -1.12. The quantitative estimate of drug-likeness (QED) is 0.733. The summed E-state index contributed by atoms with van der Waals surface area (Å²) in [5, 5.41) is 0. The fourth-order valence-electron chi connectivity index (χ4n) is 1.15. The molecule has 1 aromatic carbocycles. The van der Waals surface area contributed by atoms with Crippen molar-refractivity contribution in [2.45, 2.75) is 18.2 Å². The molecule has 0 fully saturated rings. The minimum Gasteiger partial charge on any atom is -0.469 e. The van der Waals surface area contributed by atoms with Gasteiger partial charge in [0.15, 0.2) is 0 Å². The molecule has 0 heterocycles. The molecule has 0 saturated carbocycles. The molecule has 0 aliphatic heterocycles. The average molecular weight is 226 g/mol. The minimum absolute atomic E-state index is 0.192. The number of methoxy groups -OCH3 is 1. The lowest BCUT2D eigenvalue weighted by Crippen LogP contribution is -2.07. The van der Waals surface area contributed by atoms with E-state index in [2.05, 4.69) is 4.74 Å². The molecule has 0 saturated heterocycles. The first-order valence-corrected chi connectivity index (χ1v) is 5.97. The molecule has 82 valence electrons. The Bertz CT molecular complexity index is 374. The van der Waals surface area contributed by atoms with Crippen LogP contribution in [0.5, 0.6) is 0 Å². The zero-order valence-electron chi connectivity index (χ0n) is 8.86. The van der Waals surface area contributed by atoms with Crippen LogP contribution >= 0.6 is 0 Å². The van der Waals surface area contributed by atoms with Crippen molar-refractivity contribution in [3.8, 4) is 0 Å². The summed E-state index contributed by atoms with van der Waals surface area (Å²) in [6.45, 7) is 1.95. The van der Waals surface area contributed by atoms with Gasteiger partial charge in [-0.2, -0.15) is 0 Å². The second-order valence-electron chi connectivity index (χ2n) is 3.19. The Morgan fingerprint density at radius 3 is 2.80 bits per heavy atom. The lowest BCUT2D eigenvalue weighted by Gasteiger charge is -2.02. The highest BCUT2D eigenvalue weighted by Gasteiger charge is 2.07. The van der Waals surface area contributed by atoms with Crippen LogP contribution in [0.2, 0.25) is 0 Å². The van der Waals surface area contributed by atoms with E-state index in [0.717, 1.165) is 10.5 Å². The van der Waals surface area contributed by atoms with Gasteiger partial charge in [-0.05, 0) is 24.6 Å². The average Bonchev–Trinajstić information content (AvgIpc) is 2.25. The van der Waals surface area contributed by atoms with Gasteiger partial charge in [0.2, 0.25) is 0 Å². The first-order valence-electron chi connectivity index (χ1n) is 4.65. The standard InChI is InChI=1S/C11H14O3S/c1-9-4-3-5-10(8-9)15(13)7-6-11(12)14-2/h3-5,8H,6-7H2,1-2H3. The molecule has 3 nitrogen and oxygen atoms in total. The van der Waals surface area contributed by atoms with Gasteiger partial charge < -0.3 is 4.74 Å². The molecule has 1 rings (SSSR count). The van der Waals surface area contributed by atoms with Crippen LogP contribution in [-0.4, -0.2) is 23.0 Å². The fraction of sp³-hybridized carbons (Fsp3) is 0.364. The second-order valence-corrected chi connectivity index (χ2v) is 4.76. The Morgan fingerprint density at radius 2 is 2.20 bits per heavy atom. The summed E-state index contributed by atoms with van der Waals surface area (Å²) in [5.41, 5.74) is 1.07. The van der Waals surface area contributed by atoms with E-state index in [-0.39, 0.29) is 12.4 Å². The van der Waals surface area contributed by atoms with E-state index in [0.29, 0.717) is 5.75 Å². The van der Waals surface area contributed by atoms with Gasteiger partial charge >= 0.3 is 5.97 Å². The zero-order chi connectivity index (χ0) is 11.3. The van der Waals surface area contributed by atoms with Crippen LogP contribution in [-0.2, 0) is 20.3 Å². The molecule has 0 N–H and O–H groups in total. The number of esters is 1. The Hall–Kier alpha value is -1.16. The molecule has 0 amide bonds. The van der Waals surface area contributed by atoms with E-state index in [1.54, 1.807) is 6.07 Å². The van der Waals surface area contributed by atoms with Crippen LogP contribution < -0.4 is 0 Å². The number of carbonyl (C=O) groups excluding carboxylic acids is 1. The van der Waals surface area contributed by atoms with Crippen molar-refractivity contribution in [3.63, 3.8) is 0 Å². The molecule has 0 radical (unpaired) electrons. The molecule has 4 heteroatoms. The van der Waals surface area contributed by atoms with E-state index in [1.165, 1.54) is 7.11 Å². The largest absolute Gasteiger partial charge is 0.469 e. The van der Waals surface area contributed by atoms with Crippen molar-refractivity contribution < 1.29 is 13.7 Å². The van der Waals surface area contributed by atoms with E-state index in [4.69, 9.17) is 0 Å². The smallest absolute Gasteiger partial charge is 0.306 e. The van der Waals surface area contributed by atoms with Gasteiger partial charge in [0, 0.05) is 10.6 Å². The molecule has 0 bridgehead atoms. The maximum atomic E-state index is 11.7. The third kappa shape index (κ3) is 3.83. The number of carbonyl (C=O) groups is 1. The molecule has 0 aliphatic rings. The normalized spacial score (nSPS) is 12.1. The van der Waals surface area contributed by atoms with Gasteiger partial charge in [-0.1, -0.05) is 12.1 Å². The first-order chi connectivity index (χ1) is 7.13. The lowest BCUT2D eigenvalue weighted by atomic mass is 10.2. The highest BCUT2D eigenvalue weighted by atomic mass is 32.2. The van der Waals surface area contributed by atoms with Crippen molar-refractivity contribution in [1.29, 1.82) is 0 Å². The molecular formula is C11H14O3S. The SMILES string of the molecule is COC(=O)CCS(=O)c1cccc(C)c1. The van der Waals surface area contributed by atoms with Crippen LogP contribution in [0.4, 0.5) is 0 Å². The number of rotatable bonds is 4. The molecule has 0 aliphatic carbocycles. The van der Waals surface area contributed by atoms with Gasteiger partial charge in [0.1, 0.15) is 0 Å². The molecule has 0 aromatic heterocycles. The highest BCUT2D eigenvalue weighted by molar-refractivity contribution is 7.85. The summed E-state index contributed by atoms with van der Waals surface area (Å²) < 4.78 is 16.2. The Labute approximate surface area is 91.9 Å². The van der Waals surface area contributed by atoms with Crippen molar-refractivity contribution in [1.82, 2.24) is 0 Å². The number of benzene rings is 1. The summed E-state index contributed by atoms with van der Waals surface area (Å²) >= 11 is 0. The predicted molar refractivity (Wildman–Crippen MR) is 59.1 cm³/mol. The monoisotopic (exact) mass is 226 g/mol. The van der Waals surface area contributed by atoms with Crippen LogP contribution in [0.25, 0.3) is 0 Å². The molecule has 15 heavy (non-hydrogen) atoms.